The van der Waals surface area contributed by atoms with E-state index in [0.29, 0.717) is 11.5 Å². The van der Waals surface area contributed by atoms with Crippen molar-refractivity contribution >= 4 is 27.8 Å². The van der Waals surface area contributed by atoms with Crippen molar-refractivity contribution in [3.05, 3.63) is 66.2 Å². The van der Waals surface area contributed by atoms with Crippen LogP contribution in [0.3, 0.4) is 0 Å². The van der Waals surface area contributed by atoms with Crippen molar-refractivity contribution in [3.8, 4) is 11.5 Å². The first-order valence-electron chi connectivity index (χ1n) is 7.23. The van der Waals surface area contributed by atoms with Crippen molar-refractivity contribution in [2.45, 2.75) is 0 Å². The van der Waals surface area contributed by atoms with Crippen LogP contribution in [0.15, 0.2) is 65.1 Å². The summed E-state index contributed by atoms with van der Waals surface area (Å²) >= 11 is 0. The van der Waals surface area contributed by atoms with Gasteiger partial charge in [0.2, 0.25) is 5.89 Å². The van der Waals surface area contributed by atoms with E-state index in [1.54, 1.807) is 24.3 Å². The van der Waals surface area contributed by atoms with Crippen LogP contribution in [0.2, 0.25) is 0 Å². The van der Waals surface area contributed by atoms with E-state index in [1.807, 2.05) is 36.4 Å². The molecular formula is C19H13NO3. The van der Waals surface area contributed by atoms with Gasteiger partial charge in [-0.15, -0.1) is 0 Å². The summed E-state index contributed by atoms with van der Waals surface area (Å²) in [6.45, 7) is 0. The molecule has 0 aliphatic heterocycles. The Balaban J connectivity index is 1.83. The molecule has 0 fully saturated rings. The maximum atomic E-state index is 11.5. The molecule has 112 valence electrons. The van der Waals surface area contributed by atoms with Gasteiger partial charge in [-0.2, -0.15) is 0 Å². The molecule has 0 saturated heterocycles. The number of rotatable bonds is 2. The molecule has 0 aliphatic rings. The molecule has 0 aliphatic carbocycles. The van der Waals surface area contributed by atoms with E-state index in [-0.39, 0.29) is 5.97 Å². The maximum Gasteiger partial charge on any atom is 0.337 e. The van der Waals surface area contributed by atoms with Crippen molar-refractivity contribution in [1.29, 1.82) is 0 Å². The molecule has 0 unspecified atom stereocenters. The van der Waals surface area contributed by atoms with Gasteiger partial charge in [0.15, 0.2) is 5.58 Å². The second kappa shape index (κ2) is 5.25. The third kappa shape index (κ3) is 2.25. The molecule has 0 radical (unpaired) electrons. The first-order valence-corrected chi connectivity index (χ1v) is 7.23. The van der Waals surface area contributed by atoms with E-state index >= 15 is 0 Å². The molecule has 4 heteroatoms. The zero-order chi connectivity index (χ0) is 15.8. The average molecular weight is 303 g/mol. The third-order valence-corrected chi connectivity index (χ3v) is 3.84. The van der Waals surface area contributed by atoms with Gasteiger partial charge in [-0.25, -0.2) is 9.78 Å². The number of nitrogens with zero attached hydrogens (tertiary/aromatic N) is 1. The fourth-order valence-electron chi connectivity index (χ4n) is 2.65. The van der Waals surface area contributed by atoms with Gasteiger partial charge in [0, 0.05) is 10.9 Å². The number of carbonyl (C=O) groups is 1. The van der Waals surface area contributed by atoms with Gasteiger partial charge >= 0.3 is 5.97 Å². The minimum Gasteiger partial charge on any atom is -0.465 e. The van der Waals surface area contributed by atoms with Gasteiger partial charge in [-0.3, -0.25) is 0 Å². The fourth-order valence-corrected chi connectivity index (χ4v) is 2.65. The minimum absolute atomic E-state index is 0.361. The summed E-state index contributed by atoms with van der Waals surface area (Å²) < 4.78 is 10.6. The second-order valence-electron chi connectivity index (χ2n) is 5.22. The standard InChI is InChI=1S/C19H13NO3/c1-22-19(21)14-8-6-13(7-9-14)18-20-17-15-5-3-2-4-12(15)10-11-16(17)23-18/h2-11H,1H3. The Bertz CT molecular complexity index is 1020. The molecule has 1 aromatic heterocycles. The highest BCUT2D eigenvalue weighted by Crippen LogP contribution is 2.29. The number of aromatic nitrogens is 1. The Hall–Kier alpha value is -3.14. The summed E-state index contributed by atoms with van der Waals surface area (Å²) in [5, 5.41) is 2.19. The lowest BCUT2D eigenvalue weighted by atomic mass is 10.1. The second-order valence-corrected chi connectivity index (χ2v) is 5.22. The van der Waals surface area contributed by atoms with Gasteiger partial charge < -0.3 is 9.15 Å². The van der Waals surface area contributed by atoms with Crippen molar-refractivity contribution in [2.75, 3.05) is 7.11 Å². The molecule has 0 atom stereocenters. The summed E-state index contributed by atoms with van der Waals surface area (Å²) in [5.74, 6) is 0.174. The van der Waals surface area contributed by atoms with Crippen molar-refractivity contribution in [1.82, 2.24) is 4.98 Å². The predicted molar refractivity (Wildman–Crippen MR) is 88.3 cm³/mol. The SMILES string of the molecule is COC(=O)c1ccc(-c2nc3c(ccc4ccccc43)o2)cc1. The molecule has 3 aromatic carbocycles. The Kier molecular flexibility index (Phi) is 3.08. The largest absolute Gasteiger partial charge is 0.465 e. The van der Waals surface area contributed by atoms with Crippen molar-refractivity contribution < 1.29 is 13.9 Å². The molecule has 0 spiro atoms. The molecule has 1 heterocycles. The first kappa shape index (κ1) is 13.5. The summed E-state index contributed by atoms with van der Waals surface area (Å²) in [5.41, 5.74) is 2.90. The molecule has 4 rings (SSSR count). The Morgan fingerprint density at radius 1 is 1.00 bits per heavy atom. The minimum atomic E-state index is -0.361. The number of methoxy groups -OCH3 is 1. The molecule has 23 heavy (non-hydrogen) atoms. The van der Waals surface area contributed by atoms with E-state index in [4.69, 9.17) is 9.15 Å². The van der Waals surface area contributed by atoms with Crippen molar-refractivity contribution in [3.63, 3.8) is 0 Å². The van der Waals surface area contributed by atoms with Crippen LogP contribution in [0.1, 0.15) is 10.4 Å². The van der Waals surface area contributed by atoms with Crippen LogP contribution in [0, 0.1) is 0 Å². The Labute approximate surface area is 132 Å². The van der Waals surface area contributed by atoms with E-state index in [1.165, 1.54) is 7.11 Å². The van der Waals surface area contributed by atoms with E-state index in [9.17, 15) is 4.79 Å². The molecule has 0 bridgehead atoms. The highest BCUT2D eigenvalue weighted by atomic mass is 16.5. The van der Waals surface area contributed by atoms with Gasteiger partial charge in [0.05, 0.1) is 12.7 Å². The van der Waals surface area contributed by atoms with Crippen LogP contribution in [-0.2, 0) is 4.74 Å². The van der Waals surface area contributed by atoms with E-state index in [0.717, 1.165) is 27.4 Å². The highest BCUT2D eigenvalue weighted by Gasteiger charge is 2.12. The maximum absolute atomic E-state index is 11.5. The van der Waals surface area contributed by atoms with Gasteiger partial charge in [-0.1, -0.05) is 30.3 Å². The van der Waals surface area contributed by atoms with Crippen LogP contribution in [0.4, 0.5) is 0 Å². The molecule has 4 aromatic rings. The van der Waals surface area contributed by atoms with Crippen molar-refractivity contribution in [2.24, 2.45) is 0 Å². The lowest BCUT2D eigenvalue weighted by Crippen LogP contribution is -2.00. The fraction of sp³-hybridized carbons (Fsp3) is 0.0526. The lowest BCUT2D eigenvalue weighted by molar-refractivity contribution is 0.0601. The van der Waals surface area contributed by atoms with Crippen LogP contribution in [0.25, 0.3) is 33.3 Å². The number of benzene rings is 3. The molecule has 0 amide bonds. The third-order valence-electron chi connectivity index (χ3n) is 3.84. The number of carbonyl (C=O) groups excluding carboxylic acids is 1. The quantitative estimate of drug-likeness (QED) is 0.514. The smallest absolute Gasteiger partial charge is 0.337 e. The summed E-state index contributed by atoms with van der Waals surface area (Å²) in [4.78, 5) is 16.1. The Morgan fingerprint density at radius 2 is 1.78 bits per heavy atom. The van der Waals surface area contributed by atoms with E-state index in [2.05, 4.69) is 4.98 Å². The number of hydrogen-bond acceptors (Lipinski definition) is 4. The van der Waals surface area contributed by atoms with Crippen LogP contribution >= 0.6 is 0 Å². The predicted octanol–water partition coefficient (Wildman–Crippen LogP) is 4.43. The van der Waals surface area contributed by atoms with Crippen LogP contribution < -0.4 is 0 Å². The lowest BCUT2D eigenvalue weighted by Gasteiger charge is -1.99. The first-order chi connectivity index (χ1) is 11.3. The topological polar surface area (TPSA) is 52.3 Å². The molecule has 0 saturated carbocycles. The highest BCUT2D eigenvalue weighted by molar-refractivity contribution is 6.04. The number of oxazole rings is 1. The zero-order valence-corrected chi connectivity index (χ0v) is 12.4. The van der Waals surface area contributed by atoms with Gasteiger partial charge in [0.25, 0.3) is 0 Å². The summed E-state index contributed by atoms with van der Waals surface area (Å²) in [7, 11) is 1.36. The monoisotopic (exact) mass is 303 g/mol. The summed E-state index contributed by atoms with van der Waals surface area (Å²) in [6, 6.07) is 19.0. The number of ether oxygens (including phenoxy) is 1. The number of esters is 1. The average Bonchev–Trinajstić information content (AvgIpc) is 3.06. The molecular weight excluding hydrogens is 290 g/mol. The van der Waals surface area contributed by atoms with Gasteiger partial charge in [0.1, 0.15) is 5.52 Å². The van der Waals surface area contributed by atoms with E-state index < -0.39 is 0 Å². The molecule has 0 N–H and O–H groups in total. The number of fused-ring (bicyclic) bond motifs is 3. The zero-order valence-electron chi connectivity index (χ0n) is 12.4. The van der Waals surface area contributed by atoms with Crippen LogP contribution in [-0.4, -0.2) is 18.1 Å². The Morgan fingerprint density at radius 3 is 2.57 bits per heavy atom. The molecule has 4 nitrogen and oxygen atoms in total. The van der Waals surface area contributed by atoms with Gasteiger partial charge in [-0.05, 0) is 35.7 Å². The van der Waals surface area contributed by atoms with Crippen LogP contribution in [0.5, 0.6) is 0 Å². The number of hydrogen-bond donors (Lipinski definition) is 0. The normalized spacial score (nSPS) is 11.0. The summed E-state index contributed by atoms with van der Waals surface area (Å²) in [6.07, 6.45) is 0.